The number of aliphatic hydroxyl groups is 1. The molecule has 90 valence electrons. The number of nitrogens with zero attached hydrogens (tertiary/aromatic N) is 1. The van der Waals surface area contributed by atoms with Crippen LogP contribution in [0.5, 0.6) is 0 Å². The number of aromatic nitrogens is 1. The maximum Gasteiger partial charge on any atom is 0.0807 e. The lowest BCUT2D eigenvalue weighted by molar-refractivity contribution is 0.157. The van der Waals surface area contributed by atoms with Crippen molar-refractivity contribution in [3.05, 3.63) is 44.3 Å². The number of hydrogen-bond donors (Lipinski definition) is 1. The highest BCUT2D eigenvalue weighted by Crippen LogP contribution is 2.31. The van der Waals surface area contributed by atoms with E-state index in [9.17, 15) is 5.11 Å². The lowest BCUT2D eigenvalue weighted by atomic mass is 9.93. The van der Waals surface area contributed by atoms with Gasteiger partial charge >= 0.3 is 0 Å². The summed E-state index contributed by atoms with van der Waals surface area (Å²) in [6, 6.07) is 2.15. The molecule has 2 aromatic rings. The van der Waals surface area contributed by atoms with E-state index >= 15 is 0 Å². The number of thiophene rings is 1. The summed E-state index contributed by atoms with van der Waals surface area (Å²) < 4.78 is 3.34. The average Bonchev–Trinajstić information content (AvgIpc) is 2.86. The zero-order valence-electron chi connectivity index (χ0n) is 9.40. The Morgan fingerprint density at radius 3 is 3.06 bits per heavy atom. The fraction of sp³-hybridized carbons (Fsp3) is 0.385. The van der Waals surface area contributed by atoms with E-state index in [0.717, 1.165) is 35.8 Å². The van der Waals surface area contributed by atoms with Gasteiger partial charge in [0, 0.05) is 32.7 Å². The molecule has 0 spiro atoms. The lowest BCUT2D eigenvalue weighted by Gasteiger charge is -2.16. The maximum atomic E-state index is 9.93. The van der Waals surface area contributed by atoms with E-state index in [1.807, 2.05) is 0 Å². The third-order valence-electron chi connectivity index (χ3n) is 3.24. The second-order valence-corrected chi connectivity index (χ2v) is 6.46. The van der Waals surface area contributed by atoms with Gasteiger partial charge in [0.15, 0.2) is 0 Å². The monoisotopic (exact) mass is 311 g/mol. The second kappa shape index (κ2) is 4.59. The van der Waals surface area contributed by atoms with Crippen molar-refractivity contribution >= 4 is 27.3 Å². The summed E-state index contributed by atoms with van der Waals surface area (Å²) in [5.74, 6) is 0. The molecule has 0 aliphatic heterocycles. The first kappa shape index (κ1) is 11.5. The third-order valence-corrected chi connectivity index (χ3v) is 4.92. The molecule has 1 N–H and O–H groups in total. The molecule has 2 nitrogen and oxygen atoms in total. The molecule has 17 heavy (non-hydrogen) atoms. The van der Waals surface area contributed by atoms with Gasteiger partial charge in [0.2, 0.25) is 0 Å². The molecule has 0 saturated carbocycles. The second-order valence-electron chi connectivity index (χ2n) is 4.55. The molecule has 1 aliphatic carbocycles. The Labute approximate surface area is 113 Å². The zero-order chi connectivity index (χ0) is 11.8. The van der Waals surface area contributed by atoms with Gasteiger partial charge < -0.3 is 9.67 Å². The highest BCUT2D eigenvalue weighted by Gasteiger charge is 2.19. The summed E-state index contributed by atoms with van der Waals surface area (Å²) in [5, 5.41) is 12.0. The number of halogens is 1. The van der Waals surface area contributed by atoms with Crippen LogP contribution in [0.15, 0.2) is 28.3 Å². The number of fused-ring (bicyclic) bond motifs is 1. The largest absolute Gasteiger partial charge is 0.388 e. The molecule has 0 bridgehead atoms. The van der Waals surface area contributed by atoms with Crippen molar-refractivity contribution in [2.45, 2.75) is 31.9 Å². The Morgan fingerprint density at radius 1 is 1.47 bits per heavy atom. The van der Waals surface area contributed by atoms with Crippen LogP contribution in [0.4, 0.5) is 0 Å². The van der Waals surface area contributed by atoms with Crippen molar-refractivity contribution in [3.63, 3.8) is 0 Å². The Kier molecular flexibility index (Phi) is 3.11. The van der Waals surface area contributed by atoms with Crippen LogP contribution in [0.2, 0.25) is 0 Å². The average molecular weight is 312 g/mol. The van der Waals surface area contributed by atoms with E-state index in [4.69, 9.17) is 0 Å². The summed E-state index contributed by atoms with van der Waals surface area (Å²) >= 11 is 5.23. The van der Waals surface area contributed by atoms with Crippen molar-refractivity contribution in [2.24, 2.45) is 0 Å². The molecule has 1 aliphatic rings. The molecular formula is C13H14BrNOS. The van der Waals surface area contributed by atoms with E-state index in [0.29, 0.717) is 0 Å². The van der Waals surface area contributed by atoms with Crippen molar-refractivity contribution in [1.29, 1.82) is 0 Å². The van der Waals surface area contributed by atoms with Gasteiger partial charge in [-0.05, 0) is 46.8 Å². The third kappa shape index (κ3) is 2.34. The minimum atomic E-state index is -0.255. The molecule has 0 radical (unpaired) electrons. The molecule has 3 rings (SSSR count). The van der Waals surface area contributed by atoms with Gasteiger partial charge in [0.1, 0.15) is 0 Å². The van der Waals surface area contributed by atoms with Gasteiger partial charge in [-0.2, -0.15) is 0 Å². The van der Waals surface area contributed by atoms with Crippen LogP contribution in [-0.2, 0) is 13.0 Å². The molecule has 2 aromatic heterocycles. The van der Waals surface area contributed by atoms with Crippen LogP contribution in [0.1, 0.15) is 34.9 Å². The number of aryl methyl sites for hydroxylation is 1. The SMILES string of the molecule is OC1CCCc2cn(Cc3cc(Br)cs3)cc21. The molecule has 0 fully saturated rings. The standard InChI is InChI=1S/C13H14BrNOS/c14-10-4-11(17-8-10)6-15-5-9-2-1-3-13(16)12(9)7-15/h4-5,7-8,13,16H,1-3,6H2. The fourth-order valence-electron chi connectivity index (χ4n) is 2.43. The van der Waals surface area contributed by atoms with Gasteiger partial charge in [-0.1, -0.05) is 0 Å². The molecule has 0 saturated heterocycles. The smallest absolute Gasteiger partial charge is 0.0807 e. The highest BCUT2D eigenvalue weighted by atomic mass is 79.9. The minimum Gasteiger partial charge on any atom is -0.388 e. The number of hydrogen-bond acceptors (Lipinski definition) is 2. The van der Waals surface area contributed by atoms with Crippen LogP contribution in [0.25, 0.3) is 0 Å². The molecule has 2 heterocycles. The number of aliphatic hydroxyl groups excluding tert-OH is 1. The topological polar surface area (TPSA) is 25.2 Å². The van der Waals surface area contributed by atoms with Crippen LogP contribution in [0.3, 0.4) is 0 Å². The molecule has 1 atom stereocenters. The first-order valence-electron chi connectivity index (χ1n) is 5.82. The van der Waals surface area contributed by atoms with E-state index in [2.05, 4.69) is 44.3 Å². The van der Waals surface area contributed by atoms with Gasteiger partial charge in [-0.25, -0.2) is 0 Å². The van der Waals surface area contributed by atoms with E-state index in [1.165, 1.54) is 10.4 Å². The summed E-state index contributed by atoms with van der Waals surface area (Å²) in [5.41, 5.74) is 2.45. The molecule has 1 unspecified atom stereocenters. The Bertz CT molecular complexity index is 531. The van der Waals surface area contributed by atoms with Gasteiger partial charge in [-0.3, -0.25) is 0 Å². The van der Waals surface area contributed by atoms with Crippen molar-refractivity contribution in [1.82, 2.24) is 4.57 Å². The van der Waals surface area contributed by atoms with E-state index in [-0.39, 0.29) is 6.10 Å². The first-order valence-corrected chi connectivity index (χ1v) is 7.49. The Balaban J connectivity index is 1.85. The molecule has 0 aromatic carbocycles. The van der Waals surface area contributed by atoms with Crippen molar-refractivity contribution < 1.29 is 5.11 Å². The predicted molar refractivity (Wildman–Crippen MR) is 73.5 cm³/mol. The number of rotatable bonds is 2. The summed E-state index contributed by atoms with van der Waals surface area (Å²) in [7, 11) is 0. The van der Waals surface area contributed by atoms with Crippen LogP contribution in [-0.4, -0.2) is 9.67 Å². The highest BCUT2D eigenvalue weighted by molar-refractivity contribution is 9.10. The van der Waals surface area contributed by atoms with E-state index in [1.54, 1.807) is 11.3 Å². The van der Waals surface area contributed by atoms with Gasteiger partial charge in [0.25, 0.3) is 0 Å². The van der Waals surface area contributed by atoms with Gasteiger partial charge in [-0.15, -0.1) is 11.3 Å². The summed E-state index contributed by atoms with van der Waals surface area (Å²) in [6.45, 7) is 0.899. The fourth-order valence-corrected chi connectivity index (χ4v) is 3.89. The normalized spacial score (nSPS) is 19.3. The zero-order valence-corrected chi connectivity index (χ0v) is 11.8. The summed E-state index contributed by atoms with van der Waals surface area (Å²) in [6.07, 6.45) is 7.14. The maximum absolute atomic E-state index is 9.93. The Hall–Kier alpha value is -0.580. The van der Waals surface area contributed by atoms with Crippen LogP contribution < -0.4 is 0 Å². The summed E-state index contributed by atoms with van der Waals surface area (Å²) in [4.78, 5) is 1.33. The Morgan fingerprint density at radius 2 is 2.35 bits per heavy atom. The predicted octanol–water partition coefficient (Wildman–Crippen LogP) is 3.73. The quantitative estimate of drug-likeness (QED) is 0.898. The molecule has 4 heteroatoms. The van der Waals surface area contributed by atoms with Gasteiger partial charge in [0.05, 0.1) is 12.6 Å². The molecular weight excluding hydrogens is 298 g/mol. The minimum absolute atomic E-state index is 0.255. The first-order chi connectivity index (χ1) is 8.22. The van der Waals surface area contributed by atoms with Crippen molar-refractivity contribution in [2.75, 3.05) is 0 Å². The molecule has 0 amide bonds. The van der Waals surface area contributed by atoms with Crippen LogP contribution in [0, 0.1) is 0 Å². The van der Waals surface area contributed by atoms with Crippen LogP contribution >= 0.6 is 27.3 Å². The van der Waals surface area contributed by atoms with E-state index < -0.39 is 0 Å². The lowest BCUT2D eigenvalue weighted by Crippen LogP contribution is -2.05. The van der Waals surface area contributed by atoms with Crippen molar-refractivity contribution in [3.8, 4) is 0 Å².